The maximum Gasteiger partial charge on any atom is 0.232 e. The Morgan fingerprint density at radius 3 is 2.66 bits per heavy atom. The molecular formula is C23H20FN3O2. The van der Waals surface area contributed by atoms with Crippen molar-refractivity contribution in [3.05, 3.63) is 66.7 Å². The van der Waals surface area contributed by atoms with Crippen LogP contribution in [0.2, 0.25) is 0 Å². The van der Waals surface area contributed by atoms with Crippen LogP contribution in [0.1, 0.15) is 12.8 Å². The lowest BCUT2D eigenvalue weighted by molar-refractivity contribution is 0.120. The van der Waals surface area contributed by atoms with E-state index in [2.05, 4.69) is 15.3 Å². The summed E-state index contributed by atoms with van der Waals surface area (Å²) in [7, 11) is 0. The fraction of sp³-hybridized carbons (Fsp3) is 0.217. The Labute approximate surface area is 167 Å². The first-order chi connectivity index (χ1) is 14.3. The number of nitrogens with zero attached hydrogens (tertiary/aromatic N) is 2. The number of halogens is 1. The van der Waals surface area contributed by atoms with E-state index in [0.717, 1.165) is 36.0 Å². The van der Waals surface area contributed by atoms with Crippen LogP contribution >= 0.6 is 0 Å². The number of rotatable bonds is 5. The summed E-state index contributed by atoms with van der Waals surface area (Å²) in [6.07, 6.45) is 3.73. The monoisotopic (exact) mass is 389 g/mol. The number of nitrogens with one attached hydrogen (secondary N) is 1. The number of hydrogen-bond donors (Lipinski definition) is 1. The molecule has 1 N–H and O–H groups in total. The summed E-state index contributed by atoms with van der Waals surface area (Å²) >= 11 is 0. The van der Waals surface area contributed by atoms with Crippen LogP contribution < -0.4 is 5.32 Å². The third kappa shape index (κ3) is 3.36. The molecule has 3 heterocycles. The van der Waals surface area contributed by atoms with Crippen LogP contribution in [-0.4, -0.2) is 29.2 Å². The summed E-state index contributed by atoms with van der Waals surface area (Å²) in [5.41, 5.74) is 2.52. The number of benzene rings is 2. The largest absolute Gasteiger partial charge is 0.437 e. The molecule has 2 aromatic carbocycles. The first-order valence-corrected chi connectivity index (χ1v) is 9.74. The predicted octanol–water partition coefficient (Wildman–Crippen LogP) is 5.29. The Hall–Kier alpha value is -3.25. The average molecular weight is 389 g/mol. The van der Waals surface area contributed by atoms with Crippen molar-refractivity contribution >= 4 is 16.9 Å². The van der Waals surface area contributed by atoms with E-state index in [0.29, 0.717) is 29.4 Å². The van der Waals surface area contributed by atoms with Gasteiger partial charge in [-0.3, -0.25) is 0 Å². The van der Waals surface area contributed by atoms with E-state index in [4.69, 9.17) is 9.15 Å². The Morgan fingerprint density at radius 1 is 1.03 bits per heavy atom. The molecule has 0 spiro atoms. The molecule has 1 atom stereocenters. The Kier molecular flexibility index (Phi) is 4.69. The summed E-state index contributed by atoms with van der Waals surface area (Å²) in [4.78, 5) is 8.76. The number of hydrogen-bond acceptors (Lipinski definition) is 5. The molecule has 5 nitrogen and oxygen atoms in total. The van der Waals surface area contributed by atoms with Gasteiger partial charge < -0.3 is 14.5 Å². The van der Waals surface area contributed by atoms with E-state index >= 15 is 0 Å². The molecule has 2 aromatic heterocycles. The van der Waals surface area contributed by atoms with Crippen molar-refractivity contribution in [1.29, 1.82) is 0 Å². The van der Waals surface area contributed by atoms with E-state index in [1.165, 1.54) is 12.4 Å². The van der Waals surface area contributed by atoms with Gasteiger partial charge in [0.15, 0.2) is 0 Å². The lowest BCUT2D eigenvalue weighted by Gasteiger charge is -2.12. The van der Waals surface area contributed by atoms with Gasteiger partial charge >= 0.3 is 0 Å². The second-order valence-electron chi connectivity index (χ2n) is 7.07. The Balaban J connectivity index is 1.69. The number of aromatic nitrogens is 2. The predicted molar refractivity (Wildman–Crippen MR) is 110 cm³/mol. The third-order valence-corrected chi connectivity index (χ3v) is 5.19. The summed E-state index contributed by atoms with van der Waals surface area (Å²) in [5, 5.41) is 4.13. The van der Waals surface area contributed by atoms with Crippen LogP contribution in [0.4, 0.5) is 10.2 Å². The average Bonchev–Trinajstić information content (AvgIpc) is 3.41. The topological polar surface area (TPSA) is 60.2 Å². The zero-order chi connectivity index (χ0) is 19.6. The summed E-state index contributed by atoms with van der Waals surface area (Å²) in [5.74, 6) is 0.770. The van der Waals surface area contributed by atoms with Gasteiger partial charge in [0.2, 0.25) is 5.71 Å². The van der Waals surface area contributed by atoms with E-state index in [1.54, 1.807) is 18.2 Å². The fourth-order valence-electron chi connectivity index (χ4n) is 3.80. The minimum Gasteiger partial charge on any atom is -0.437 e. The van der Waals surface area contributed by atoms with E-state index < -0.39 is 0 Å². The summed E-state index contributed by atoms with van der Waals surface area (Å²) < 4.78 is 26.4. The molecular weight excluding hydrogens is 369 g/mol. The van der Waals surface area contributed by atoms with Gasteiger partial charge in [-0.25, -0.2) is 14.4 Å². The van der Waals surface area contributed by atoms with Crippen molar-refractivity contribution in [3.8, 4) is 22.5 Å². The summed E-state index contributed by atoms with van der Waals surface area (Å²) in [6.45, 7) is 1.45. The van der Waals surface area contributed by atoms with Crippen molar-refractivity contribution in [2.45, 2.75) is 18.9 Å². The van der Waals surface area contributed by atoms with Gasteiger partial charge in [-0.2, -0.15) is 0 Å². The zero-order valence-electron chi connectivity index (χ0n) is 15.8. The Bertz CT molecular complexity index is 1140. The lowest BCUT2D eigenvalue weighted by atomic mass is 9.99. The van der Waals surface area contributed by atoms with Crippen molar-refractivity contribution in [2.24, 2.45) is 0 Å². The highest BCUT2D eigenvalue weighted by molar-refractivity contribution is 6.05. The molecule has 0 radical (unpaired) electrons. The van der Waals surface area contributed by atoms with E-state index in [9.17, 15) is 4.39 Å². The van der Waals surface area contributed by atoms with Crippen molar-refractivity contribution < 1.29 is 13.5 Å². The first kappa shape index (κ1) is 17.8. The van der Waals surface area contributed by atoms with Crippen LogP contribution in [0, 0.1) is 5.82 Å². The van der Waals surface area contributed by atoms with Gasteiger partial charge in [0.25, 0.3) is 0 Å². The number of anilines is 1. The molecule has 0 amide bonds. The van der Waals surface area contributed by atoms with E-state index in [1.807, 2.05) is 30.3 Å². The molecule has 6 heteroatoms. The van der Waals surface area contributed by atoms with Gasteiger partial charge in [0, 0.05) is 18.7 Å². The van der Waals surface area contributed by atoms with Gasteiger partial charge in [-0.1, -0.05) is 42.5 Å². The normalized spacial score (nSPS) is 16.4. The van der Waals surface area contributed by atoms with Gasteiger partial charge in [-0.15, -0.1) is 0 Å². The van der Waals surface area contributed by atoms with E-state index in [-0.39, 0.29) is 11.9 Å². The lowest BCUT2D eigenvalue weighted by Crippen LogP contribution is -2.19. The molecule has 0 bridgehead atoms. The minimum atomic E-state index is -0.342. The second-order valence-corrected chi connectivity index (χ2v) is 7.07. The second kappa shape index (κ2) is 7.64. The maximum atomic E-state index is 14.6. The first-order valence-electron chi connectivity index (χ1n) is 9.74. The summed E-state index contributed by atoms with van der Waals surface area (Å²) in [6, 6.07) is 16.4. The van der Waals surface area contributed by atoms with Crippen LogP contribution in [0.3, 0.4) is 0 Å². The maximum absolute atomic E-state index is 14.6. The Morgan fingerprint density at radius 2 is 1.86 bits per heavy atom. The molecule has 0 aliphatic carbocycles. The molecule has 0 unspecified atom stereocenters. The van der Waals surface area contributed by atoms with Crippen molar-refractivity contribution in [3.63, 3.8) is 0 Å². The molecule has 5 rings (SSSR count). The van der Waals surface area contributed by atoms with Gasteiger partial charge in [0.1, 0.15) is 23.7 Å². The molecule has 146 valence electrons. The quantitative estimate of drug-likeness (QED) is 0.503. The highest BCUT2D eigenvalue weighted by Crippen LogP contribution is 2.43. The van der Waals surface area contributed by atoms with Crippen molar-refractivity contribution in [2.75, 3.05) is 18.5 Å². The van der Waals surface area contributed by atoms with Gasteiger partial charge in [0.05, 0.1) is 17.1 Å². The highest BCUT2D eigenvalue weighted by atomic mass is 19.1. The molecule has 1 aliphatic heterocycles. The van der Waals surface area contributed by atoms with Gasteiger partial charge in [-0.05, 0) is 30.5 Å². The van der Waals surface area contributed by atoms with Crippen LogP contribution in [0.25, 0.3) is 33.6 Å². The minimum absolute atomic E-state index is 0.165. The van der Waals surface area contributed by atoms with Crippen LogP contribution in [-0.2, 0) is 4.74 Å². The standard InChI is InChI=1S/C23H20FN3O2/c24-18-11-5-4-10-17(18)21-19(15-7-2-1-3-8-15)20-22(26-14-27-23(20)29-21)25-13-16-9-6-12-28-16/h1-5,7-8,10-11,14,16H,6,9,12-13H2,(H,25,26,27)/t16-/m0/s1. The number of furan rings is 1. The molecule has 29 heavy (non-hydrogen) atoms. The molecule has 1 aliphatic rings. The number of fused-ring (bicyclic) bond motifs is 1. The third-order valence-electron chi connectivity index (χ3n) is 5.19. The number of ether oxygens (including phenoxy) is 1. The van der Waals surface area contributed by atoms with Crippen molar-refractivity contribution in [1.82, 2.24) is 9.97 Å². The van der Waals surface area contributed by atoms with Crippen LogP contribution in [0.5, 0.6) is 0 Å². The SMILES string of the molecule is Fc1ccccc1-c1oc2ncnc(NC[C@@H]3CCCO3)c2c1-c1ccccc1. The molecule has 0 saturated carbocycles. The molecule has 1 fully saturated rings. The fourth-order valence-corrected chi connectivity index (χ4v) is 3.80. The smallest absolute Gasteiger partial charge is 0.232 e. The van der Waals surface area contributed by atoms with Crippen LogP contribution in [0.15, 0.2) is 65.3 Å². The molecule has 4 aromatic rings. The highest BCUT2D eigenvalue weighted by Gasteiger charge is 2.24. The molecule has 1 saturated heterocycles. The zero-order valence-corrected chi connectivity index (χ0v) is 15.8.